The molecule has 2 heterocycles. The number of nitrogens with one attached hydrogen (secondary N) is 1. The molecule has 25 heavy (non-hydrogen) atoms. The highest BCUT2D eigenvalue weighted by Gasteiger charge is 2.13. The predicted molar refractivity (Wildman–Crippen MR) is 94.7 cm³/mol. The average molecular weight is 348 g/mol. The molecule has 0 fully saturated rings. The number of hydrogen-bond donors (Lipinski definition) is 1. The fourth-order valence-electron chi connectivity index (χ4n) is 2.40. The Labute approximate surface area is 147 Å². The zero-order valence-electron chi connectivity index (χ0n) is 12.9. The van der Waals surface area contributed by atoms with Crippen molar-refractivity contribution in [1.29, 1.82) is 0 Å². The Morgan fingerprint density at radius 2 is 1.92 bits per heavy atom. The van der Waals surface area contributed by atoms with Gasteiger partial charge in [-0.3, -0.25) is 4.79 Å². The molecule has 1 amide bonds. The van der Waals surface area contributed by atoms with Gasteiger partial charge < -0.3 is 5.32 Å². The molecule has 4 aromatic rings. The zero-order valence-corrected chi connectivity index (χ0v) is 13.7. The van der Waals surface area contributed by atoms with Gasteiger partial charge >= 0.3 is 0 Å². The average Bonchev–Trinajstić information content (AvgIpc) is 3.36. The first-order valence-corrected chi connectivity index (χ1v) is 8.33. The molecule has 0 radical (unpaired) electrons. The van der Waals surface area contributed by atoms with Crippen LogP contribution in [0, 0.1) is 0 Å². The fourth-order valence-corrected chi connectivity index (χ4v) is 3.04. The number of anilines is 1. The first-order chi connectivity index (χ1) is 12.3. The Morgan fingerprint density at radius 1 is 1.08 bits per heavy atom. The summed E-state index contributed by atoms with van der Waals surface area (Å²) >= 11 is 1.57. The lowest BCUT2D eigenvalue weighted by Crippen LogP contribution is -2.15. The first kappa shape index (κ1) is 15.2. The monoisotopic (exact) mass is 348 g/mol. The SMILES string of the molecule is O=C(Nc1ccc(-c2nccs2)cc1)c1ccccc1-n1cnnn1. The number of aromatic nitrogens is 5. The van der Waals surface area contributed by atoms with Crippen LogP contribution in [0.4, 0.5) is 5.69 Å². The summed E-state index contributed by atoms with van der Waals surface area (Å²) in [4.78, 5) is 16.9. The van der Waals surface area contributed by atoms with E-state index in [0.29, 0.717) is 16.9 Å². The lowest BCUT2D eigenvalue weighted by atomic mass is 10.1. The molecule has 1 N–H and O–H groups in total. The third-order valence-electron chi connectivity index (χ3n) is 3.57. The maximum Gasteiger partial charge on any atom is 0.257 e. The van der Waals surface area contributed by atoms with Gasteiger partial charge in [0.25, 0.3) is 5.91 Å². The third-order valence-corrected chi connectivity index (χ3v) is 4.39. The van der Waals surface area contributed by atoms with Crippen molar-refractivity contribution >= 4 is 22.9 Å². The van der Waals surface area contributed by atoms with Gasteiger partial charge in [0.1, 0.15) is 11.3 Å². The van der Waals surface area contributed by atoms with Gasteiger partial charge in [-0.25, -0.2) is 4.98 Å². The molecule has 7 nitrogen and oxygen atoms in total. The highest BCUT2D eigenvalue weighted by molar-refractivity contribution is 7.13. The lowest BCUT2D eigenvalue weighted by molar-refractivity contribution is 0.102. The van der Waals surface area contributed by atoms with Crippen LogP contribution in [0.3, 0.4) is 0 Å². The van der Waals surface area contributed by atoms with E-state index in [-0.39, 0.29) is 5.91 Å². The summed E-state index contributed by atoms with van der Waals surface area (Å²) in [6, 6.07) is 14.7. The predicted octanol–water partition coefficient (Wildman–Crippen LogP) is 3.04. The van der Waals surface area contributed by atoms with Gasteiger partial charge in [-0.1, -0.05) is 12.1 Å². The summed E-state index contributed by atoms with van der Waals surface area (Å²) in [5.74, 6) is -0.229. The summed E-state index contributed by atoms with van der Waals surface area (Å²) in [6.45, 7) is 0. The maximum absolute atomic E-state index is 12.6. The van der Waals surface area contributed by atoms with E-state index in [2.05, 4.69) is 25.8 Å². The van der Waals surface area contributed by atoms with Crippen molar-refractivity contribution in [1.82, 2.24) is 25.2 Å². The van der Waals surface area contributed by atoms with Crippen LogP contribution in [0.2, 0.25) is 0 Å². The molecular weight excluding hydrogens is 336 g/mol. The highest BCUT2D eigenvalue weighted by atomic mass is 32.1. The summed E-state index contributed by atoms with van der Waals surface area (Å²) in [5, 5.41) is 16.8. The van der Waals surface area contributed by atoms with Crippen LogP contribution >= 0.6 is 11.3 Å². The van der Waals surface area contributed by atoms with Gasteiger partial charge in [-0.2, -0.15) is 4.68 Å². The number of hydrogen-bond acceptors (Lipinski definition) is 6. The summed E-state index contributed by atoms with van der Waals surface area (Å²) in [7, 11) is 0. The standard InChI is InChI=1S/C17H12N6OS/c24-16(14-3-1-2-4-15(14)23-11-19-21-22-23)20-13-7-5-12(6-8-13)17-18-9-10-25-17/h1-11H,(H,20,24). The number of tetrazole rings is 1. The van der Waals surface area contributed by atoms with Crippen LogP contribution in [0.5, 0.6) is 0 Å². The second-order valence-corrected chi connectivity index (χ2v) is 6.03. The van der Waals surface area contributed by atoms with Crippen molar-refractivity contribution in [3.8, 4) is 16.3 Å². The second-order valence-electron chi connectivity index (χ2n) is 5.14. The number of para-hydroxylation sites is 1. The van der Waals surface area contributed by atoms with Crippen LogP contribution in [0.1, 0.15) is 10.4 Å². The van der Waals surface area contributed by atoms with Gasteiger partial charge in [0.15, 0.2) is 0 Å². The van der Waals surface area contributed by atoms with Crippen molar-refractivity contribution in [2.24, 2.45) is 0 Å². The van der Waals surface area contributed by atoms with Crippen LogP contribution in [-0.4, -0.2) is 31.1 Å². The third kappa shape index (κ3) is 3.15. The van der Waals surface area contributed by atoms with Gasteiger partial charge in [0.2, 0.25) is 0 Å². The van der Waals surface area contributed by atoms with Gasteiger partial charge in [-0.05, 0) is 46.8 Å². The Bertz CT molecular complexity index is 980. The molecule has 4 rings (SSSR count). The molecule has 0 saturated carbocycles. The first-order valence-electron chi connectivity index (χ1n) is 7.45. The zero-order chi connectivity index (χ0) is 17.1. The Balaban J connectivity index is 1.57. The number of rotatable bonds is 4. The molecule has 122 valence electrons. The summed E-state index contributed by atoms with van der Waals surface area (Å²) in [5.41, 5.74) is 2.82. The molecule has 0 spiro atoms. The van der Waals surface area contributed by atoms with Crippen molar-refractivity contribution < 1.29 is 4.79 Å². The van der Waals surface area contributed by atoms with Gasteiger partial charge in [-0.15, -0.1) is 16.4 Å². The summed E-state index contributed by atoms with van der Waals surface area (Å²) < 4.78 is 1.46. The van der Waals surface area contributed by atoms with Gasteiger partial charge in [0, 0.05) is 22.8 Å². The fraction of sp³-hybridized carbons (Fsp3) is 0. The minimum atomic E-state index is -0.229. The molecular formula is C17H12N6OS. The van der Waals surface area contributed by atoms with Crippen molar-refractivity contribution in [2.75, 3.05) is 5.32 Å². The second kappa shape index (κ2) is 6.62. The smallest absolute Gasteiger partial charge is 0.257 e. The largest absolute Gasteiger partial charge is 0.322 e. The number of benzene rings is 2. The number of nitrogens with zero attached hydrogens (tertiary/aromatic N) is 5. The van der Waals surface area contributed by atoms with Crippen LogP contribution in [0.15, 0.2) is 66.4 Å². The van der Waals surface area contributed by atoms with Crippen LogP contribution < -0.4 is 5.32 Å². The molecule has 0 saturated heterocycles. The quantitative estimate of drug-likeness (QED) is 0.613. The molecule has 0 aliphatic carbocycles. The minimum Gasteiger partial charge on any atom is -0.322 e. The minimum absolute atomic E-state index is 0.229. The molecule has 0 aliphatic rings. The molecule has 0 atom stereocenters. The molecule has 0 bridgehead atoms. The van der Waals surface area contributed by atoms with E-state index >= 15 is 0 Å². The number of carbonyl (C=O) groups is 1. The molecule has 0 unspecified atom stereocenters. The van der Waals surface area contributed by atoms with Crippen LogP contribution in [0.25, 0.3) is 16.3 Å². The van der Waals surface area contributed by atoms with Crippen molar-refractivity contribution in [3.05, 3.63) is 72.0 Å². The number of carbonyl (C=O) groups excluding carboxylic acids is 1. The molecule has 0 aliphatic heterocycles. The van der Waals surface area contributed by atoms with E-state index in [9.17, 15) is 4.79 Å². The molecule has 2 aromatic carbocycles. The van der Waals surface area contributed by atoms with E-state index in [1.807, 2.05) is 35.7 Å². The lowest BCUT2D eigenvalue weighted by Gasteiger charge is -2.09. The Morgan fingerprint density at radius 3 is 2.64 bits per heavy atom. The topological polar surface area (TPSA) is 85.6 Å². The van der Waals surface area contributed by atoms with Crippen molar-refractivity contribution in [2.45, 2.75) is 0 Å². The number of thiazole rings is 1. The van der Waals surface area contributed by atoms with Crippen LogP contribution in [-0.2, 0) is 0 Å². The van der Waals surface area contributed by atoms with E-state index < -0.39 is 0 Å². The molecule has 2 aromatic heterocycles. The van der Waals surface area contributed by atoms with Gasteiger partial charge in [0.05, 0.1) is 11.3 Å². The summed E-state index contributed by atoms with van der Waals surface area (Å²) in [6.07, 6.45) is 3.22. The van der Waals surface area contributed by atoms with Crippen molar-refractivity contribution in [3.63, 3.8) is 0 Å². The number of amides is 1. The Hall–Kier alpha value is -3.39. The maximum atomic E-state index is 12.6. The normalized spacial score (nSPS) is 10.6. The Kier molecular flexibility index (Phi) is 4.01. The molecule has 8 heteroatoms. The van der Waals surface area contributed by atoms with E-state index in [4.69, 9.17) is 0 Å². The van der Waals surface area contributed by atoms with E-state index in [0.717, 1.165) is 10.6 Å². The highest BCUT2D eigenvalue weighted by Crippen LogP contribution is 2.23. The van der Waals surface area contributed by atoms with E-state index in [1.54, 1.807) is 35.7 Å². The van der Waals surface area contributed by atoms with E-state index in [1.165, 1.54) is 11.0 Å².